The predicted octanol–water partition coefficient (Wildman–Crippen LogP) is 6.55. The minimum absolute atomic E-state index is 0.0264. The summed E-state index contributed by atoms with van der Waals surface area (Å²) >= 11 is 0. The van der Waals surface area contributed by atoms with Gasteiger partial charge in [0, 0.05) is 6.42 Å². The zero-order chi connectivity index (χ0) is 25.8. The van der Waals surface area contributed by atoms with Crippen LogP contribution in [0.3, 0.4) is 0 Å². The Kier molecular flexibility index (Phi) is 7.18. The quantitative estimate of drug-likeness (QED) is 0.267. The second kappa shape index (κ2) is 10.8. The maximum Gasteiger partial charge on any atom is 0.261 e. The summed E-state index contributed by atoms with van der Waals surface area (Å²) in [4.78, 5) is 18.7. The van der Waals surface area contributed by atoms with Crippen molar-refractivity contribution < 1.29 is 4.74 Å². The molecule has 5 nitrogen and oxygen atoms in total. The van der Waals surface area contributed by atoms with Gasteiger partial charge < -0.3 is 4.74 Å². The summed E-state index contributed by atoms with van der Waals surface area (Å²) in [5.74, 6) is 2.33. The number of benzene rings is 3. The molecule has 0 aliphatic heterocycles. The number of ether oxygens (including phenoxy) is 1. The molecule has 1 aliphatic rings. The van der Waals surface area contributed by atoms with Gasteiger partial charge in [-0.3, -0.25) is 9.36 Å². The van der Waals surface area contributed by atoms with Crippen LogP contribution in [0.25, 0.3) is 22.3 Å². The highest BCUT2D eigenvalue weighted by molar-refractivity contribution is 5.70. The summed E-state index contributed by atoms with van der Waals surface area (Å²) < 4.78 is 7.68. The largest absolute Gasteiger partial charge is 0.493 e. The molecule has 1 aromatic heterocycles. The number of aryl methyl sites for hydroxylation is 2. The lowest BCUT2D eigenvalue weighted by molar-refractivity contribution is 0.300. The van der Waals surface area contributed by atoms with E-state index in [0.717, 1.165) is 59.0 Å². The third-order valence-corrected chi connectivity index (χ3v) is 6.88. The summed E-state index contributed by atoms with van der Waals surface area (Å²) in [5, 5.41) is 9.45. The fourth-order valence-corrected chi connectivity index (χ4v) is 4.65. The first kappa shape index (κ1) is 24.5. The van der Waals surface area contributed by atoms with E-state index in [1.54, 1.807) is 0 Å². The molecule has 1 heterocycles. The molecule has 37 heavy (non-hydrogen) atoms. The monoisotopic (exact) mass is 489 g/mol. The smallest absolute Gasteiger partial charge is 0.261 e. The SMILES string of the molecule is CCCc1nc(C)c(-c2ccc(OCC3CC3)cc2)c(=O)n1Cc1ccc(-c2ccccc2C#N)cc1. The van der Waals surface area contributed by atoms with Crippen molar-refractivity contribution in [1.29, 1.82) is 5.26 Å². The van der Waals surface area contributed by atoms with Gasteiger partial charge in [-0.2, -0.15) is 5.26 Å². The van der Waals surface area contributed by atoms with Crippen LogP contribution in [0.1, 0.15) is 48.8 Å². The van der Waals surface area contributed by atoms with E-state index in [0.29, 0.717) is 23.6 Å². The van der Waals surface area contributed by atoms with Gasteiger partial charge in [0.1, 0.15) is 11.6 Å². The minimum atomic E-state index is -0.0264. The van der Waals surface area contributed by atoms with Gasteiger partial charge in [0.15, 0.2) is 0 Å². The van der Waals surface area contributed by atoms with Crippen LogP contribution in [0.4, 0.5) is 0 Å². The third kappa shape index (κ3) is 5.49. The van der Waals surface area contributed by atoms with Crippen LogP contribution in [-0.2, 0) is 13.0 Å². The number of nitriles is 1. The molecular formula is C32H31N3O2. The normalized spacial score (nSPS) is 12.8. The van der Waals surface area contributed by atoms with Gasteiger partial charge in [-0.15, -0.1) is 0 Å². The molecule has 186 valence electrons. The van der Waals surface area contributed by atoms with E-state index in [2.05, 4.69) is 13.0 Å². The summed E-state index contributed by atoms with van der Waals surface area (Å²) in [7, 11) is 0. The molecule has 0 unspecified atom stereocenters. The fraction of sp³-hybridized carbons (Fsp3) is 0.281. The Balaban J connectivity index is 1.45. The first-order valence-corrected chi connectivity index (χ1v) is 13.0. The van der Waals surface area contributed by atoms with Crippen molar-refractivity contribution in [3.05, 3.63) is 106 Å². The van der Waals surface area contributed by atoms with Crippen molar-refractivity contribution in [3.8, 4) is 34.1 Å². The Hall–Kier alpha value is -4.17. The summed E-state index contributed by atoms with van der Waals surface area (Å²) in [6, 6.07) is 25.7. The van der Waals surface area contributed by atoms with E-state index >= 15 is 0 Å². The Morgan fingerprint density at radius 1 is 1.00 bits per heavy atom. The predicted molar refractivity (Wildman–Crippen MR) is 147 cm³/mol. The Morgan fingerprint density at radius 2 is 1.70 bits per heavy atom. The lowest BCUT2D eigenvalue weighted by Crippen LogP contribution is -2.28. The molecule has 1 saturated carbocycles. The Labute approximate surface area is 218 Å². The first-order valence-electron chi connectivity index (χ1n) is 13.0. The average Bonchev–Trinajstić information content (AvgIpc) is 3.75. The van der Waals surface area contributed by atoms with Crippen LogP contribution in [0.15, 0.2) is 77.6 Å². The number of aromatic nitrogens is 2. The van der Waals surface area contributed by atoms with Crippen molar-refractivity contribution in [2.24, 2.45) is 5.92 Å². The lowest BCUT2D eigenvalue weighted by atomic mass is 9.99. The van der Waals surface area contributed by atoms with Gasteiger partial charge in [0.25, 0.3) is 5.56 Å². The Bertz CT molecular complexity index is 1490. The first-order chi connectivity index (χ1) is 18.1. The van der Waals surface area contributed by atoms with Gasteiger partial charge in [-0.25, -0.2) is 4.98 Å². The van der Waals surface area contributed by atoms with Gasteiger partial charge in [0.05, 0.1) is 36.0 Å². The van der Waals surface area contributed by atoms with Crippen LogP contribution >= 0.6 is 0 Å². The van der Waals surface area contributed by atoms with Gasteiger partial charge >= 0.3 is 0 Å². The average molecular weight is 490 g/mol. The van der Waals surface area contributed by atoms with E-state index in [4.69, 9.17) is 9.72 Å². The van der Waals surface area contributed by atoms with Crippen molar-refractivity contribution in [2.45, 2.75) is 46.1 Å². The molecule has 0 spiro atoms. The molecule has 3 aromatic carbocycles. The van der Waals surface area contributed by atoms with Crippen molar-refractivity contribution in [2.75, 3.05) is 6.61 Å². The van der Waals surface area contributed by atoms with E-state index in [-0.39, 0.29) is 5.56 Å². The number of hydrogen-bond acceptors (Lipinski definition) is 4. The molecule has 5 rings (SSSR count). The maximum absolute atomic E-state index is 13.8. The van der Waals surface area contributed by atoms with Crippen molar-refractivity contribution in [1.82, 2.24) is 9.55 Å². The van der Waals surface area contributed by atoms with Crippen LogP contribution in [0.5, 0.6) is 5.75 Å². The zero-order valence-electron chi connectivity index (χ0n) is 21.4. The van der Waals surface area contributed by atoms with Crippen LogP contribution in [0.2, 0.25) is 0 Å². The van der Waals surface area contributed by atoms with Crippen LogP contribution in [0, 0.1) is 24.2 Å². The van der Waals surface area contributed by atoms with Crippen molar-refractivity contribution >= 4 is 0 Å². The number of hydrogen-bond donors (Lipinski definition) is 0. The highest BCUT2D eigenvalue weighted by atomic mass is 16.5. The molecule has 0 radical (unpaired) electrons. The van der Waals surface area contributed by atoms with E-state index < -0.39 is 0 Å². The number of nitrogens with zero attached hydrogens (tertiary/aromatic N) is 3. The highest BCUT2D eigenvalue weighted by Gasteiger charge is 2.22. The molecule has 5 heteroatoms. The second-order valence-corrected chi connectivity index (χ2v) is 9.76. The molecule has 0 amide bonds. The lowest BCUT2D eigenvalue weighted by Gasteiger charge is -2.16. The molecule has 0 atom stereocenters. The zero-order valence-corrected chi connectivity index (χ0v) is 21.4. The molecule has 1 aliphatic carbocycles. The highest BCUT2D eigenvalue weighted by Crippen LogP contribution is 2.30. The summed E-state index contributed by atoms with van der Waals surface area (Å²) in [5.41, 5.74) is 5.76. The maximum atomic E-state index is 13.8. The number of rotatable bonds is 9. The molecular weight excluding hydrogens is 458 g/mol. The molecule has 0 N–H and O–H groups in total. The van der Waals surface area contributed by atoms with Gasteiger partial charge in [0.2, 0.25) is 0 Å². The van der Waals surface area contributed by atoms with Crippen molar-refractivity contribution in [3.63, 3.8) is 0 Å². The van der Waals surface area contributed by atoms with Crippen LogP contribution in [-0.4, -0.2) is 16.2 Å². The minimum Gasteiger partial charge on any atom is -0.493 e. The molecule has 4 aromatic rings. The van der Waals surface area contributed by atoms with E-state index in [1.807, 2.05) is 84.3 Å². The van der Waals surface area contributed by atoms with Gasteiger partial charge in [-0.1, -0.05) is 61.5 Å². The summed E-state index contributed by atoms with van der Waals surface area (Å²) in [6.45, 7) is 5.22. The summed E-state index contributed by atoms with van der Waals surface area (Å²) in [6.07, 6.45) is 4.14. The van der Waals surface area contributed by atoms with E-state index in [9.17, 15) is 10.1 Å². The molecule has 0 saturated heterocycles. The van der Waals surface area contributed by atoms with Crippen LogP contribution < -0.4 is 10.3 Å². The van der Waals surface area contributed by atoms with E-state index in [1.165, 1.54) is 12.8 Å². The molecule has 1 fully saturated rings. The third-order valence-electron chi connectivity index (χ3n) is 6.88. The standard InChI is InChI=1S/C32H31N3O2/c1-3-6-30-34-22(2)31(26-15-17-28(18-16-26)37-21-24-9-10-24)32(36)35(30)20-23-11-13-25(14-12-23)29-8-5-4-7-27(29)19-33/h4-5,7-8,11-18,24H,3,6,9-10,20-21H2,1-2H3. The topological polar surface area (TPSA) is 67.9 Å². The second-order valence-electron chi connectivity index (χ2n) is 9.76. The molecule has 0 bridgehead atoms. The Morgan fingerprint density at radius 3 is 2.38 bits per heavy atom. The van der Waals surface area contributed by atoms with Gasteiger partial charge in [-0.05, 0) is 72.6 Å². The fourth-order valence-electron chi connectivity index (χ4n) is 4.65.